The van der Waals surface area contributed by atoms with Crippen LogP contribution in [0.25, 0.3) is 0 Å². The minimum Gasteiger partial charge on any atom is -0.460 e. The van der Waals surface area contributed by atoms with E-state index in [0.29, 0.717) is 0 Å². The van der Waals surface area contributed by atoms with Gasteiger partial charge in [-0.2, -0.15) is 13.2 Å². The van der Waals surface area contributed by atoms with Gasteiger partial charge in [0.05, 0.1) is 22.9 Å². The summed E-state index contributed by atoms with van der Waals surface area (Å²) < 4.78 is 44.2. The predicted octanol–water partition coefficient (Wildman–Crippen LogP) is 2.66. The van der Waals surface area contributed by atoms with Crippen molar-refractivity contribution >= 4 is 23.3 Å². The van der Waals surface area contributed by atoms with Crippen LogP contribution in [-0.2, 0) is 9.47 Å². The molecule has 2 N–H and O–H groups in total. The van der Waals surface area contributed by atoms with E-state index in [-0.39, 0.29) is 29.5 Å². The molecule has 0 saturated heterocycles. The maximum absolute atomic E-state index is 11.7. The molecule has 0 fully saturated rings. The highest BCUT2D eigenvalue weighted by atomic mass is 35.5. The highest BCUT2D eigenvalue weighted by Crippen LogP contribution is 2.22. The lowest BCUT2D eigenvalue weighted by atomic mass is 10.2. The van der Waals surface area contributed by atoms with Gasteiger partial charge in [-0.3, -0.25) is 0 Å². The van der Waals surface area contributed by atoms with Crippen LogP contribution in [0.2, 0.25) is 5.02 Å². The molecule has 0 aliphatic rings. The van der Waals surface area contributed by atoms with Crippen molar-refractivity contribution in [2.75, 3.05) is 25.6 Å². The standard InChI is InChI=1S/C11H11ClF3NO3/c12-8-3-1-2-7(9(8)16)10(17)19-5-4-18-6-11(13,14)15/h1-3H,4-6,16H2. The van der Waals surface area contributed by atoms with Crippen molar-refractivity contribution in [2.24, 2.45) is 0 Å². The molecule has 8 heteroatoms. The zero-order valence-electron chi connectivity index (χ0n) is 9.67. The lowest BCUT2D eigenvalue weighted by Gasteiger charge is -2.09. The predicted molar refractivity (Wildman–Crippen MR) is 63.0 cm³/mol. The highest BCUT2D eigenvalue weighted by Gasteiger charge is 2.27. The molecule has 4 nitrogen and oxygen atoms in total. The van der Waals surface area contributed by atoms with E-state index in [2.05, 4.69) is 4.74 Å². The largest absolute Gasteiger partial charge is 0.460 e. The van der Waals surface area contributed by atoms with Gasteiger partial charge in [0.25, 0.3) is 0 Å². The van der Waals surface area contributed by atoms with Crippen molar-refractivity contribution in [1.82, 2.24) is 0 Å². The third-order valence-electron chi connectivity index (χ3n) is 2.00. The Morgan fingerprint density at radius 2 is 2.00 bits per heavy atom. The van der Waals surface area contributed by atoms with Crippen molar-refractivity contribution in [3.05, 3.63) is 28.8 Å². The number of anilines is 1. The van der Waals surface area contributed by atoms with Gasteiger partial charge in [0, 0.05) is 0 Å². The first kappa shape index (κ1) is 15.6. The second-order valence-corrected chi connectivity index (χ2v) is 3.91. The Kier molecular flexibility index (Phi) is 5.44. The molecule has 0 unspecified atom stereocenters. The van der Waals surface area contributed by atoms with Crippen molar-refractivity contribution in [3.8, 4) is 0 Å². The first-order valence-electron chi connectivity index (χ1n) is 5.17. The fraction of sp³-hybridized carbons (Fsp3) is 0.364. The Morgan fingerprint density at radius 3 is 2.63 bits per heavy atom. The minimum atomic E-state index is -4.40. The fourth-order valence-corrected chi connectivity index (χ4v) is 1.35. The summed E-state index contributed by atoms with van der Waals surface area (Å²) in [4.78, 5) is 11.5. The van der Waals surface area contributed by atoms with Crippen LogP contribution in [0.4, 0.5) is 18.9 Å². The van der Waals surface area contributed by atoms with E-state index in [9.17, 15) is 18.0 Å². The normalized spacial score (nSPS) is 11.4. The van der Waals surface area contributed by atoms with Gasteiger partial charge in [0.1, 0.15) is 13.2 Å². The van der Waals surface area contributed by atoms with Gasteiger partial charge in [-0.15, -0.1) is 0 Å². The molecule has 19 heavy (non-hydrogen) atoms. The lowest BCUT2D eigenvalue weighted by Crippen LogP contribution is -2.20. The lowest BCUT2D eigenvalue weighted by molar-refractivity contribution is -0.175. The number of esters is 1. The molecule has 1 rings (SSSR count). The van der Waals surface area contributed by atoms with Crippen LogP contribution in [-0.4, -0.2) is 32.0 Å². The monoisotopic (exact) mass is 297 g/mol. The van der Waals surface area contributed by atoms with Gasteiger partial charge < -0.3 is 15.2 Å². The summed E-state index contributed by atoms with van der Waals surface area (Å²) in [5.74, 6) is -0.768. The first-order chi connectivity index (χ1) is 8.81. The molecule has 0 atom stereocenters. The third-order valence-corrected chi connectivity index (χ3v) is 2.33. The second kappa shape index (κ2) is 6.63. The summed E-state index contributed by atoms with van der Waals surface area (Å²) in [6, 6.07) is 4.41. The van der Waals surface area contributed by atoms with Gasteiger partial charge in [0.2, 0.25) is 0 Å². The van der Waals surface area contributed by atoms with Gasteiger partial charge in [-0.1, -0.05) is 17.7 Å². The molecule has 1 aromatic carbocycles. The number of para-hydroxylation sites is 1. The first-order valence-corrected chi connectivity index (χ1v) is 5.54. The van der Waals surface area contributed by atoms with Crippen LogP contribution in [0.3, 0.4) is 0 Å². The Hall–Kier alpha value is -1.47. The zero-order chi connectivity index (χ0) is 14.5. The molecule has 1 aromatic rings. The number of nitrogen functional groups attached to an aromatic ring is 1. The van der Waals surface area contributed by atoms with Crippen LogP contribution in [0.5, 0.6) is 0 Å². The molecule has 0 aromatic heterocycles. The van der Waals surface area contributed by atoms with Gasteiger partial charge >= 0.3 is 12.1 Å². The Morgan fingerprint density at radius 1 is 1.32 bits per heavy atom. The summed E-state index contributed by atoms with van der Waals surface area (Å²) in [6.07, 6.45) is -4.40. The summed E-state index contributed by atoms with van der Waals surface area (Å²) in [7, 11) is 0. The number of rotatable bonds is 5. The zero-order valence-corrected chi connectivity index (χ0v) is 10.4. The van der Waals surface area contributed by atoms with Crippen molar-refractivity contribution < 1.29 is 27.4 Å². The molecule has 106 valence electrons. The van der Waals surface area contributed by atoms with Crippen LogP contribution >= 0.6 is 11.6 Å². The van der Waals surface area contributed by atoms with Crippen LogP contribution in [0.1, 0.15) is 10.4 Å². The summed E-state index contributed by atoms with van der Waals surface area (Å²) >= 11 is 5.71. The van der Waals surface area contributed by atoms with Gasteiger partial charge in [-0.25, -0.2) is 4.79 Å². The molecule has 0 bridgehead atoms. The fourth-order valence-electron chi connectivity index (χ4n) is 1.17. The molecule has 0 spiro atoms. The van der Waals surface area contributed by atoms with Crippen molar-refractivity contribution in [1.29, 1.82) is 0 Å². The molecular formula is C11H11ClF3NO3. The maximum atomic E-state index is 11.7. The number of ether oxygens (including phenoxy) is 2. The third kappa shape index (κ3) is 5.35. The number of hydrogen-bond donors (Lipinski definition) is 1. The molecule has 0 radical (unpaired) electrons. The quantitative estimate of drug-likeness (QED) is 0.515. The molecule has 0 amide bonds. The molecule has 0 aliphatic heterocycles. The number of carbonyl (C=O) groups excluding carboxylic acids is 1. The van der Waals surface area contributed by atoms with E-state index < -0.39 is 18.8 Å². The van der Waals surface area contributed by atoms with Crippen molar-refractivity contribution in [2.45, 2.75) is 6.18 Å². The number of benzene rings is 1. The molecule has 0 saturated carbocycles. The summed E-state index contributed by atoms with van der Waals surface area (Å²) in [5, 5.41) is 0.197. The number of nitrogens with two attached hydrogens (primary N) is 1. The number of carbonyl (C=O) groups is 1. The topological polar surface area (TPSA) is 61.6 Å². The SMILES string of the molecule is Nc1c(Cl)cccc1C(=O)OCCOCC(F)(F)F. The van der Waals surface area contributed by atoms with E-state index in [1.165, 1.54) is 18.2 Å². The number of halogens is 4. The Balaban J connectivity index is 2.38. The molecule has 0 heterocycles. The number of alkyl halides is 3. The Bertz CT molecular complexity index is 451. The molecular weight excluding hydrogens is 287 g/mol. The van der Waals surface area contributed by atoms with Crippen LogP contribution in [0, 0.1) is 0 Å². The molecule has 0 aliphatic carbocycles. The average Bonchev–Trinajstić information content (AvgIpc) is 2.30. The average molecular weight is 298 g/mol. The van der Waals surface area contributed by atoms with Gasteiger partial charge in [-0.05, 0) is 12.1 Å². The van der Waals surface area contributed by atoms with Gasteiger partial charge in [0.15, 0.2) is 0 Å². The summed E-state index contributed by atoms with van der Waals surface area (Å²) in [5.41, 5.74) is 5.68. The maximum Gasteiger partial charge on any atom is 0.411 e. The van der Waals surface area contributed by atoms with E-state index in [1.54, 1.807) is 0 Å². The van der Waals surface area contributed by atoms with E-state index in [1.807, 2.05) is 0 Å². The smallest absolute Gasteiger partial charge is 0.411 e. The van der Waals surface area contributed by atoms with E-state index in [0.717, 1.165) is 0 Å². The van der Waals surface area contributed by atoms with E-state index >= 15 is 0 Å². The highest BCUT2D eigenvalue weighted by molar-refractivity contribution is 6.33. The Labute approximate surface area is 112 Å². The number of hydrogen-bond acceptors (Lipinski definition) is 4. The van der Waals surface area contributed by atoms with Crippen molar-refractivity contribution in [3.63, 3.8) is 0 Å². The second-order valence-electron chi connectivity index (χ2n) is 3.50. The van der Waals surface area contributed by atoms with Crippen LogP contribution < -0.4 is 5.73 Å². The van der Waals surface area contributed by atoms with Crippen LogP contribution in [0.15, 0.2) is 18.2 Å². The summed E-state index contributed by atoms with van der Waals surface area (Å²) in [6.45, 7) is -2.05. The van der Waals surface area contributed by atoms with E-state index in [4.69, 9.17) is 22.1 Å². The minimum absolute atomic E-state index is 0.0586.